The van der Waals surface area contributed by atoms with Gasteiger partial charge < -0.3 is 10.5 Å². The zero-order valence-electron chi connectivity index (χ0n) is 13.6. The lowest BCUT2D eigenvalue weighted by molar-refractivity contribution is -0.132. The molecule has 130 valence electrons. The summed E-state index contributed by atoms with van der Waals surface area (Å²) in [6.45, 7) is 0. The van der Waals surface area contributed by atoms with Crippen molar-refractivity contribution >= 4 is 40.5 Å². The molecule has 6 heteroatoms. The molecule has 1 saturated carbocycles. The lowest BCUT2D eigenvalue weighted by Gasteiger charge is -2.28. The molecular weight excluding hydrogens is 361 g/mol. The number of carbonyl (C=O) groups is 2. The molecule has 0 aliphatic heterocycles. The standard InChI is InChI=1S/C19H17Cl2NO3/c1-25-17-9-13(22)8-14(21)18(17)19-15(23)6-11(7-16(19)24)10-2-4-12(20)5-3-10/h2-5,8-9,11,19H,6-7,22H2,1H3. The summed E-state index contributed by atoms with van der Waals surface area (Å²) in [5.41, 5.74) is 7.52. The highest BCUT2D eigenvalue weighted by atomic mass is 35.5. The molecule has 0 bridgehead atoms. The van der Waals surface area contributed by atoms with E-state index in [2.05, 4.69) is 0 Å². The maximum Gasteiger partial charge on any atom is 0.148 e. The van der Waals surface area contributed by atoms with E-state index in [1.54, 1.807) is 18.2 Å². The third-order valence-corrected chi connectivity index (χ3v) is 5.07. The highest BCUT2D eigenvalue weighted by Crippen LogP contribution is 2.42. The zero-order chi connectivity index (χ0) is 18.1. The molecule has 0 heterocycles. The van der Waals surface area contributed by atoms with Gasteiger partial charge in [-0.1, -0.05) is 35.3 Å². The summed E-state index contributed by atoms with van der Waals surface area (Å²) >= 11 is 12.2. The van der Waals surface area contributed by atoms with Gasteiger partial charge in [0.05, 0.1) is 12.1 Å². The molecule has 0 amide bonds. The van der Waals surface area contributed by atoms with Crippen molar-refractivity contribution in [2.24, 2.45) is 0 Å². The predicted molar refractivity (Wildman–Crippen MR) is 98.6 cm³/mol. The molecule has 0 atom stereocenters. The molecule has 0 radical (unpaired) electrons. The van der Waals surface area contributed by atoms with Crippen molar-refractivity contribution in [3.8, 4) is 5.75 Å². The molecule has 0 unspecified atom stereocenters. The van der Waals surface area contributed by atoms with Crippen molar-refractivity contribution < 1.29 is 14.3 Å². The average Bonchev–Trinajstić information content (AvgIpc) is 2.56. The van der Waals surface area contributed by atoms with Gasteiger partial charge in [0.25, 0.3) is 0 Å². The fourth-order valence-electron chi connectivity index (χ4n) is 3.33. The van der Waals surface area contributed by atoms with Crippen LogP contribution in [0.4, 0.5) is 5.69 Å². The maximum atomic E-state index is 12.8. The Morgan fingerprint density at radius 3 is 2.20 bits per heavy atom. The number of ketones is 2. The summed E-state index contributed by atoms with van der Waals surface area (Å²) in [4.78, 5) is 25.5. The van der Waals surface area contributed by atoms with Crippen molar-refractivity contribution in [1.82, 2.24) is 0 Å². The Balaban J connectivity index is 1.93. The Bertz CT molecular complexity index is 815. The minimum Gasteiger partial charge on any atom is -0.496 e. The summed E-state index contributed by atoms with van der Waals surface area (Å²) in [5, 5.41) is 0.891. The number of carbonyl (C=O) groups excluding carboxylic acids is 2. The molecule has 2 N–H and O–H groups in total. The first-order chi connectivity index (χ1) is 11.9. The second-order valence-electron chi connectivity index (χ2n) is 6.14. The molecule has 1 aliphatic carbocycles. The van der Waals surface area contributed by atoms with Crippen LogP contribution in [0.15, 0.2) is 36.4 Å². The third-order valence-electron chi connectivity index (χ3n) is 4.50. The minimum atomic E-state index is -0.911. The van der Waals surface area contributed by atoms with Gasteiger partial charge in [-0.3, -0.25) is 9.59 Å². The lowest BCUT2D eigenvalue weighted by atomic mass is 9.74. The molecule has 1 fully saturated rings. The molecule has 1 aliphatic rings. The molecular formula is C19H17Cl2NO3. The van der Waals surface area contributed by atoms with Gasteiger partial charge in [0.2, 0.25) is 0 Å². The zero-order valence-corrected chi connectivity index (χ0v) is 15.1. The first-order valence-electron chi connectivity index (χ1n) is 7.84. The number of hydrogen-bond donors (Lipinski definition) is 1. The van der Waals surface area contributed by atoms with Gasteiger partial charge >= 0.3 is 0 Å². The number of halogens is 2. The topological polar surface area (TPSA) is 69.4 Å². The summed E-state index contributed by atoms with van der Waals surface area (Å²) in [6, 6.07) is 10.3. The van der Waals surface area contributed by atoms with Crippen LogP contribution in [0.1, 0.15) is 35.8 Å². The minimum absolute atomic E-state index is 0.146. The first-order valence-corrected chi connectivity index (χ1v) is 8.60. The van der Waals surface area contributed by atoms with Gasteiger partial charge in [0.1, 0.15) is 23.2 Å². The van der Waals surface area contributed by atoms with E-state index in [0.717, 1.165) is 5.56 Å². The Morgan fingerprint density at radius 2 is 1.64 bits per heavy atom. The van der Waals surface area contributed by atoms with Crippen molar-refractivity contribution in [3.63, 3.8) is 0 Å². The van der Waals surface area contributed by atoms with E-state index in [1.165, 1.54) is 13.2 Å². The van der Waals surface area contributed by atoms with Gasteiger partial charge in [-0.05, 0) is 29.7 Å². The summed E-state index contributed by atoms with van der Waals surface area (Å²) < 4.78 is 5.30. The monoisotopic (exact) mass is 377 g/mol. The Labute approximate surface area is 155 Å². The van der Waals surface area contributed by atoms with E-state index in [9.17, 15) is 9.59 Å². The number of benzene rings is 2. The number of ether oxygens (including phenoxy) is 1. The van der Waals surface area contributed by atoms with Gasteiger partial charge in [0, 0.05) is 35.2 Å². The van der Waals surface area contributed by atoms with E-state index in [1.807, 2.05) is 12.1 Å². The highest BCUT2D eigenvalue weighted by molar-refractivity contribution is 6.33. The average molecular weight is 378 g/mol. The fraction of sp³-hybridized carbons (Fsp3) is 0.263. The SMILES string of the molecule is COc1cc(N)cc(Cl)c1C1C(=O)CC(c2ccc(Cl)cc2)CC1=O. The van der Waals surface area contributed by atoms with E-state index in [0.29, 0.717) is 22.0 Å². The van der Waals surface area contributed by atoms with Gasteiger partial charge in [-0.2, -0.15) is 0 Å². The highest BCUT2D eigenvalue weighted by Gasteiger charge is 2.39. The Hall–Kier alpha value is -2.04. The summed E-state index contributed by atoms with van der Waals surface area (Å²) in [5.74, 6) is -1.03. The van der Waals surface area contributed by atoms with Crippen LogP contribution in [-0.2, 0) is 9.59 Å². The number of Topliss-reactive ketones (excluding diaryl/α,β-unsaturated/α-hetero) is 2. The second kappa shape index (κ2) is 7.06. The van der Waals surface area contributed by atoms with Crippen LogP contribution in [0.2, 0.25) is 10.0 Å². The maximum absolute atomic E-state index is 12.8. The van der Waals surface area contributed by atoms with E-state index in [4.69, 9.17) is 33.7 Å². The number of rotatable bonds is 3. The second-order valence-corrected chi connectivity index (χ2v) is 6.98. The van der Waals surface area contributed by atoms with Crippen LogP contribution in [-0.4, -0.2) is 18.7 Å². The quantitative estimate of drug-likeness (QED) is 0.636. The molecule has 2 aromatic rings. The first kappa shape index (κ1) is 17.8. The van der Waals surface area contributed by atoms with Crippen LogP contribution in [0, 0.1) is 0 Å². The summed E-state index contributed by atoms with van der Waals surface area (Å²) in [6.07, 6.45) is 0.532. The Kier molecular flexibility index (Phi) is 5.02. The number of anilines is 1. The number of nitrogens with two attached hydrogens (primary N) is 1. The van der Waals surface area contributed by atoms with Crippen LogP contribution in [0.25, 0.3) is 0 Å². The van der Waals surface area contributed by atoms with Crippen molar-refractivity contribution in [2.45, 2.75) is 24.7 Å². The fourth-order valence-corrected chi connectivity index (χ4v) is 3.78. The number of nitrogen functional groups attached to an aromatic ring is 1. The van der Waals surface area contributed by atoms with Crippen LogP contribution < -0.4 is 10.5 Å². The molecule has 3 rings (SSSR count). The normalized spacial score (nSPS) is 20.6. The van der Waals surface area contributed by atoms with Crippen molar-refractivity contribution in [1.29, 1.82) is 0 Å². The third kappa shape index (κ3) is 3.51. The molecule has 0 spiro atoms. The Morgan fingerprint density at radius 1 is 1.04 bits per heavy atom. The van der Waals surface area contributed by atoms with Crippen LogP contribution in [0.3, 0.4) is 0 Å². The van der Waals surface area contributed by atoms with Crippen molar-refractivity contribution in [2.75, 3.05) is 12.8 Å². The largest absolute Gasteiger partial charge is 0.496 e. The van der Waals surface area contributed by atoms with E-state index >= 15 is 0 Å². The molecule has 0 aromatic heterocycles. The smallest absolute Gasteiger partial charge is 0.148 e. The predicted octanol–water partition coefficient (Wildman–Crippen LogP) is 4.38. The van der Waals surface area contributed by atoms with Crippen LogP contribution >= 0.6 is 23.2 Å². The van der Waals surface area contributed by atoms with Gasteiger partial charge in [0.15, 0.2) is 0 Å². The molecule has 0 saturated heterocycles. The van der Waals surface area contributed by atoms with Gasteiger partial charge in [-0.15, -0.1) is 0 Å². The van der Waals surface area contributed by atoms with Crippen molar-refractivity contribution in [3.05, 3.63) is 57.6 Å². The number of methoxy groups -OCH3 is 1. The summed E-state index contributed by atoms with van der Waals surface area (Å²) in [7, 11) is 1.46. The molecule has 4 nitrogen and oxygen atoms in total. The molecule has 25 heavy (non-hydrogen) atoms. The lowest BCUT2D eigenvalue weighted by Crippen LogP contribution is -2.31. The number of hydrogen-bond acceptors (Lipinski definition) is 4. The van der Waals surface area contributed by atoms with E-state index < -0.39 is 5.92 Å². The van der Waals surface area contributed by atoms with Crippen LogP contribution in [0.5, 0.6) is 5.75 Å². The van der Waals surface area contributed by atoms with Gasteiger partial charge in [-0.25, -0.2) is 0 Å². The molecule has 2 aromatic carbocycles. The van der Waals surface area contributed by atoms with E-state index in [-0.39, 0.29) is 35.3 Å².